The van der Waals surface area contributed by atoms with E-state index >= 15 is 0 Å². The van der Waals surface area contributed by atoms with Crippen LogP contribution in [0.5, 0.6) is 0 Å². The first-order valence-electron chi connectivity index (χ1n) is 3.48. The van der Waals surface area contributed by atoms with Gasteiger partial charge in [-0.3, -0.25) is 4.79 Å². The molecule has 2 N–H and O–H groups in total. The zero-order chi connectivity index (χ0) is 9.02. The summed E-state index contributed by atoms with van der Waals surface area (Å²) < 4.78 is 0. The molecule has 2 atom stereocenters. The number of hydrogen-bond acceptors (Lipinski definition) is 3. The summed E-state index contributed by atoms with van der Waals surface area (Å²) in [6.45, 7) is 3.24. The predicted molar refractivity (Wildman–Crippen MR) is 41.9 cm³/mol. The lowest BCUT2D eigenvalue weighted by molar-refractivity contribution is -0.135. The molecule has 11 heavy (non-hydrogen) atoms. The van der Waals surface area contributed by atoms with Gasteiger partial charge in [-0.1, -0.05) is 0 Å². The number of nitrogens with zero attached hydrogens (tertiary/aromatic N) is 1. The number of rotatable bonds is 3. The van der Waals surface area contributed by atoms with E-state index in [1.165, 1.54) is 4.90 Å². The van der Waals surface area contributed by atoms with E-state index in [0.717, 1.165) is 0 Å². The van der Waals surface area contributed by atoms with Crippen LogP contribution in [0.2, 0.25) is 0 Å². The molecule has 0 aromatic carbocycles. The van der Waals surface area contributed by atoms with Crippen molar-refractivity contribution in [2.24, 2.45) is 5.73 Å². The normalized spacial score (nSPS) is 15.3. The molecule has 1 amide bonds. The smallest absolute Gasteiger partial charge is 0.239 e. The van der Waals surface area contributed by atoms with E-state index in [9.17, 15) is 9.59 Å². The largest absolute Gasteiger partial charge is 0.335 e. The van der Waals surface area contributed by atoms with Gasteiger partial charge in [0.1, 0.15) is 6.29 Å². The number of hydrogen-bond donors (Lipinski definition) is 1. The van der Waals surface area contributed by atoms with Crippen LogP contribution >= 0.6 is 0 Å². The van der Waals surface area contributed by atoms with Crippen LogP contribution in [0.1, 0.15) is 13.8 Å². The van der Waals surface area contributed by atoms with Crippen LogP contribution in [0.25, 0.3) is 0 Å². The monoisotopic (exact) mass is 158 g/mol. The van der Waals surface area contributed by atoms with Crippen molar-refractivity contribution in [3.05, 3.63) is 0 Å². The Hall–Kier alpha value is -0.900. The van der Waals surface area contributed by atoms with Gasteiger partial charge in [-0.2, -0.15) is 0 Å². The highest BCUT2D eigenvalue weighted by atomic mass is 16.2. The topological polar surface area (TPSA) is 63.4 Å². The lowest BCUT2D eigenvalue weighted by Crippen LogP contribution is -2.44. The van der Waals surface area contributed by atoms with E-state index < -0.39 is 12.1 Å². The minimum absolute atomic E-state index is 0.218. The van der Waals surface area contributed by atoms with Gasteiger partial charge in [-0.05, 0) is 13.8 Å². The Balaban J connectivity index is 4.12. The van der Waals surface area contributed by atoms with E-state index in [1.54, 1.807) is 20.9 Å². The zero-order valence-corrected chi connectivity index (χ0v) is 7.07. The van der Waals surface area contributed by atoms with E-state index in [0.29, 0.717) is 6.29 Å². The zero-order valence-electron chi connectivity index (χ0n) is 7.07. The van der Waals surface area contributed by atoms with Gasteiger partial charge in [0.2, 0.25) is 5.91 Å². The second-order valence-corrected chi connectivity index (χ2v) is 2.61. The first-order valence-corrected chi connectivity index (χ1v) is 3.48. The lowest BCUT2D eigenvalue weighted by atomic mass is 10.2. The molecular weight excluding hydrogens is 144 g/mol. The third-order valence-electron chi connectivity index (χ3n) is 1.55. The first-order chi connectivity index (χ1) is 5.00. The van der Waals surface area contributed by atoms with E-state index in [-0.39, 0.29) is 5.91 Å². The molecule has 0 unspecified atom stereocenters. The molecule has 0 aromatic rings. The maximum atomic E-state index is 11.1. The third kappa shape index (κ3) is 2.67. The Labute approximate surface area is 66.4 Å². The number of carbonyl (C=O) groups excluding carboxylic acids is 2. The molecule has 0 rings (SSSR count). The van der Waals surface area contributed by atoms with Crippen molar-refractivity contribution in [1.29, 1.82) is 0 Å². The van der Waals surface area contributed by atoms with Crippen molar-refractivity contribution in [2.75, 3.05) is 7.05 Å². The second-order valence-electron chi connectivity index (χ2n) is 2.61. The Morgan fingerprint density at radius 1 is 1.55 bits per heavy atom. The van der Waals surface area contributed by atoms with Crippen molar-refractivity contribution in [1.82, 2.24) is 4.90 Å². The third-order valence-corrected chi connectivity index (χ3v) is 1.55. The maximum Gasteiger partial charge on any atom is 0.239 e. The SMILES string of the molecule is C[C@H](N)C(=O)N(C)[C@@H](C)C=O. The fraction of sp³-hybridized carbons (Fsp3) is 0.714. The van der Waals surface area contributed by atoms with Crippen LogP contribution in [0.3, 0.4) is 0 Å². The first kappa shape index (κ1) is 10.1. The molecule has 0 saturated carbocycles. The molecule has 64 valence electrons. The van der Waals surface area contributed by atoms with Crippen LogP contribution in [0.4, 0.5) is 0 Å². The Bertz CT molecular complexity index is 157. The number of nitrogens with two attached hydrogens (primary N) is 1. The van der Waals surface area contributed by atoms with Crippen molar-refractivity contribution in [3.63, 3.8) is 0 Å². The quantitative estimate of drug-likeness (QED) is 0.557. The molecule has 0 aliphatic carbocycles. The predicted octanol–water partition coefficient (Wildman–Crippen LogP) is -0.621. The van der Waals surface area contributed by atoms with Crippen LogP contribution < -0.4 is 5.73 Å². The molecule has 0 heterocycles. The summed E-state index contributed by atoms with van der Waals surface area (Å²) >= 11 is 0. The summed E-state index contributed by atoms with van der Waals surface area (Å²) in [6.07, 6.45) is 0.709. The molecule has 0 aromatic heterocycles. The average molecular weight is 158 g/mol. The summed E-state index contributed by atoms with van der Waals surface area (Å²) in [5.74, 6) is -0.218. The molecular formula is C7H14N2O2. The standard InChI is InChI=1S/C7H14N2O2/c1-5(4-10)9(3)7(11)6(2)8/h4-6H,8H2,1-3H3/t5-,6-/m0/s1. The van der Waals surface area contributed by atoms with Gasteiger partial charge in [-0.25, -0.2) is 0 Å². The fourth-order valence-electron chi connectivity index (χ4n) is 0.613. The van der Waals surface area contributed by atoms with E-state index in [4.69, 9.17) is 5.73 Å². The van der Waals surface area contributed by atoms with Gasteiger partial charge in [0.25, 0.3) is 0 Å². The fourth-order valence-corrected chi connectivity index (χ4v) is 0.613. The van der Waals surface area contributed by atoms with Crippen molar-refractivity contribution in [3.8, 4) is 0 Å². The number of amides is 1. The summed E-state index contributed by atoms with van der Waals surface area (Å²) in [7, 11) is 1.56. The minimum Gasteiger partial charge on any atom is -0.335 e. The maximum absolute atomic E-state index is 11.1. The van der Waals surface area contributed by atoms with Crippen LogP contribution in [0.15, 0.2) is 0 Å². The Morgan fingerprint density at radius 2 is 2.00 bits per heavy atom. The molecule has 0 aliphatic rings. The van der Waals surface area contributed by atoms with Crippen LogP contribution in [-0.2, 0) is 9.59 Å². The summed E-state index contributed by atoms with van der Waals surface area (Å²) in [6, 6.07) is -0.934. The minimum atomic E-state index is -0.539. The van der Waals surface area contributed by atoms with Crippen molar-refractivity contribution >= 4 is 12.2 Å². The lowest BCUT2D eigenvalue weighted by Gasteiger charge is -2.21. The number of likely N-dealkylation sites (N-methyl/N-ethyl adjacent to an activating group) is 1. The molecule has 0 radical (unpaired) electrons. The van der Waals surface area contributed by atoms with Crippen molar-refractivity contribution < 1.29 is 9.59 Å². The van der Waals surface area contributed by atoms with Gasteiger partial charge in [0, 0.05) is 7.05 Å². The molecule has 0 saturated heterocycles. The highest BCUT2D eigenvalue weighted by Crippen LogP contribution is 1.94. The molecule has 0 spiro atoms. The number of aldehydes is 1. The number of carbonyl (C=O) groups is 2. The summed E-state index contributed by atoms with van der Waals surface area (Å²) in [5.41, 5.74) is 5.32. The Kier molecular flexibility index (Phi) is 3.74. The molecule has 0 bridgehead atoms. The Morgan fingerprint density at radius 3 is 2.27 bits per heavy atom. The van der Waals surface area contributed by atoms with Gasteiger partial charge in [0.15, 0.2) is 0 Å². The van der Waals surface area contributed by atoms with E-state index in [1.807, 2.05) is 0 Å². The summed E-state index contributed by atoms with van der Waals surface area (Å²) in [5, 5.41) is 0. The average Bonchev–Trinajstić information content (AvgIpc) is 2.00. The van der Waals surface area contributed by atoms with Gasteiger partial charge in [0.05, 0.1) is 12.1 Å². The summed E-state index contributed by atoms with van der Waals surface area (Å²) in [4.78, 5) is 22.7. The van der Waals surface area contributed by atoms with Gasteiger partial charge < -0.3 is 15.4 Å². The van der Waals surface area contributed by atoms with Gasteiger partial charge in [-0.15, -0.1) is 0 Å². The van der Waals surface area contributed by atoms with Gasteiger partial charge >= 0.3 is 0 Å². The van der Waals surface area contributed by atoms with Crippen molar-refractivity contribution in [2.45, 2.75) is 25.9 Å². The second kappa shape index (κ2) is 4.08. The molecule has 0 fully saturated rings. The highest BCUT2D eigenvalue weighted by molar-refractivity contribution is 5.83. The van der Waals surface area contributed by atoms with Crippen LogP contribution in [0, 0.1) is 0 Å². The van der Waals surface area contributed by atoms with E-state index in [2.05, 4.69) is 0 Å². The molecule has 4 nitrogen and oxygen atoms in total. The highest BCUT2D eigenvalue weighted by Gasteiger charge is 2.17. The van der Waals surface area contributed by atoms with Crippen LogP contribution in [-0.4, -0.2) is 36.2 Å². The molecule has 0 aliphatic heterocycles. The molecule has 4 heteroatoms.